The van der Waals surface area contributed by atoms with Crippen molar-refractivity contribution in [1.29, 1.82) is 0 Å². The summed E-state index contributed by atoms with van der Waals surface area (Å²) in [6, 6.07) is 13.9. The van der Waals surface area contributed by atoms with Crippen molar-refractivity contribution in [1.82, 2.24) is 14.5 Å². The van der Waals surface area contributed by atoms with E-state index in [0.29, 0.717) is 5.56 Å². The van der Waals surface area contributed by atoms with E-state index in [4.69, 9.17) is 0 Å². The van der Waals surface area contributed by atoms with E-state index in [1.54, 1.807) is 12.1 Å². The second-order valence-corrected chi connectivity index (χ2v) is 8.96. The number of aromatic nitrogens is 2. The number of H-pyrrole nitrogens is 1. The molecule has 2 fully saturated rings. The highest BCUT2D eigenvalue weighted by Crippen LogP contribution is 2.30. The predicted molar refractivity (Wildman–Crippen MR) is 124 cm³/mol. The first-order chi connectivity index (χ1) is 15.2. The summed E-state index contributed by atoms with van der Waals surface area (Å²) in [6.07, 6.45) is 8.34. The van der Waals surface area contributed by atoms with Crippen LogP contribution in [-0.4, -0.2) is 33.4 Å². The van der Waals surface area contributed by atoms with Crippen molar-refractivity contribution in [3.63, 3.8) is 0 Å². The zero-order valence-electron chi connectivity index (χ0n) is 17.9. The van der Waals surface area contributed by atoms with Crippen molar-refractivity contribution in [2.75, 3.05) is 18.4 Å². The Labute approximate surface area is 182 Å². The Hall–Kier alpha value is -2.86. The standard InChI is InChI=1S/C25H30N4O2/c30-24(26-20-11-8-18(9-12-20)17-28-14-4-1-5-15-28)19-10-13-23-22(16-19)27-25(31)29(23)21-6-2-3-7-21/h8-13,16,21H,1-7,14-15,17H2,(H,26,30)(H,27,31). The summed E-state index contributed by atoms with van der Waals surface area (Å²) in [6.45, 7) is 3.31. The first-order valence-electron chi connectivity index (χ1n) is 11.5. The average Bonchev–Trinajstić information content (AvgIpc) is 3.42. The lowest BCUT2D eigenvalue weighted by Gasteiger charge is -2.26. The van der Waals surface area contributed by atoms with Gasteiger partial charge >= 0.3 is 5.69 Å². The van der Waals surface area contributed by atoms with Gasteiger partial charge in [0.25, 0.3) is 5.91 Å². The van der Waals surface area contributed by atoms with Crippen LogP contribution in [0.3, 0.4) is 0 Å². The Morgan fingerprint density at radius 3 is 2.45 bits per heavy atom. The zero-order valence-corrected chi connectivity index (χ0v) is 17.9. The maximum Gasteiger partial charge on any atom is 0.326 e. The number of nitrogens with zero attached hydrogens (tertiary/aromatic N) is 2. The topological polar surface area (TPSA) is 70.1 Å². The minimum atomic E-state index is -0.167. The van der Waals surface area contributed by atoms with Crippen molar-refractivity contribution >= 4 is 22.6 Å². The van der Waals surface area contributed by atoms with E-state index in [2.05, 4.69) is 27.3 Å². The van der Waals surface area contributed by atoms with Crippen LogP contribution in [0.15, 0.2) is 47.3 Å². The first kappa shape index (κ1) is 20.1. The summed E-state index contributed by atoms with van der Waals surface area (Å²) in [5.74, 6) is -0.167. The SMILES string of the molecule is O=C(Nc1ccc(CN2CCCCC2)cc1)c1ccc2c(c1)[nH]c(=O)n2C1CCCC1. The van der Waals surface area contributed by atoms with Crippen LogP contribution in [0.25, 0.3) is 11.0 Å². The third kappa shape index (κ3) is 4.30. The number of carbonyl (C=O) groups is 1. The van der Waals surface area contributed by atoms with E-state index in [9.17, 15) is 9.59 Å². The Bertz CT molecular complexity index is 1120. The van der Waals surface area contributed by atoms with Crippen LogP contribution in [-0.2, 0) is 6.54 Å². The van der Waals surface area contributed by atoms with Crippen molar-refractivity contribution in [3.8, 4) is 0 Å². The number of rotatable bonds is 5. The molecule has 1 saturated heterocycles. The molecule has 2 aromatic carbocycles. The van der Waals surface area contributed by atoms with E-state index in [-0.39, 0.29) is 17.6 Å². The van der Waals surface area contributed by atoms with Crippen molar-refractivity contribution in [3.05, 3.63) is 64.1 Å². The molecule has 0 unspecified atom stereocenters. The molecule has 0 bridgehead atoms. The number of nitrogens with one attached hydrogen (secondary N) is 2. The minimum absolute atomic E-state index is 0.0799. The average molecular weight is 419 g/mol. The molecule has 3 aromatic rings. The van der Waals surface area contributed by atoms with Crippen molar-refractivity contribution < 1.29 is 4.79 Å². The highest BCUT2D eigenvalue weighted by atomic mass is 16.2. The molecule has 0 radical (unpaired) electrons. The molecule has 0 atom stereocenters. The third-order valence-electron chi connectivity index (χ3n) is 6.74. The third-order valence-corrected chi connectivity index (χ3v) is 6.74. The molecule has 162 valence electrons. The number of carbonyl (C=O) groups excluding carboxylic acids is 1. The lowest BCUT2D eigenvalue weighted by Crippen LogP contribution is -2.29. The van der Waals surface area contributed by atoms with Crippen LogP contribution in [0.2, 0.25) is 0 Å². The van der Waals surface area contributed by atoms with Crippen molar-refractivity contribution in [2.45, 2.75) is 57.5 Å². The molecule has 2 heterocycles. The molecule has 5 rings (SSSR count). The summed E-state index contributed by atoms with van der Waals surface area (Å²) in [5, 5.41) is 2.98. The van der Waals surface area contributed by atoms with Gasteiger partial charge in [-0.3, -0.25) is 14.3 Å². The van der Waals surface area contributed by atoms with Gasteiger partial charge in [0.1, 0.15) is 0 Å². The number of imidazole rings is 1. The number of hydrogen-bond donors (Lipinski definition) is 2. The second-order valence-electron chi connectivity index (χ2n) is 8.96. The molecule has 1 saturated carbocycles. The number of benzene rings is 2. The maximum absolute atomic E-state index is 12.8. The monoisotopic (exact) mass is 418 g/mol. The minimum Gasteiger partial charge on any atom is -0.322 e. The molecule has 0 spiro atoms. The van der Waals surface area contributed by atoms with E-state index < -0.39 is 0 Å². The molecule has 6 heteroatoms. The first-order valence-corrected chi connectivity index (χ1v) is 11.5. The summed E-state index contributed by atoms with van der Waals surface area (Å²) in [4.78, 5) is 30.7. The largest absolute Gasteiger partial charge is 0.326 e. The fraction of sp³-hybridized carbons (Fsp3) is 0.440. The predicted octanol–water partition coefficient (Wildman–Crippen LogP) is 4.68. The Morgan fingerprint density at radius 1 is 0.968 bits per heavy atom. The van der Waals surface area contributed by atoms with E-state index in [1.165, 1.54) is 50.8 Å². The van der Waals surface area contributed by atoms with Gasteiger partial charge < -0.3 is 10.3 Å². The van der Waals surface area contributed by atoms with E-state index in [0.717, 1.165) is 36.1 Å². The number of piperidine rings is 1. The van der Waals surface area contributed by atoms with Gasteiger partial charge in [0.05, 0.1) is 11.0 Å². The van der Waals surface area contributed by atoms with Gasteiger partial charge in [-0.1, -0.05) is 31.4 Å². The van der Waals surface area contributed by atoms with Gasteiger partial charge in [0.2, 0.25) is 0 Å². The molecule has 1 aliphatic carbocycles. The van der Waals surface area contributed by atoms with Crippen LogP contribution in [0.5, 0.6) is 0 Å². The van der Waals surface area contributed by atoms with Crippen LogP contribution < -0.4 is 11.0 Å². The Balaban J connectivity index is 1.28. The Kier molecular flexibility index (Phi) is 5.64. The smallest absolute Gasteiger partial charge is 0.322 e. The van der Waals surface area contributed by atoms with Gasteiger partial charge in [0, 0.05) is 23.8 Å². The number of hydrogen-bond acceptors (Lipinski definition) is 3. The Morgan fingerprint density at radius 2 is 1.71 bits per heavy atom. The fourth-order valence-electron chi connectivity index (χ4n) is 5.07. The highest BCUT2D eigenvalue weighted by Gasteiger charge is 2.21. The summed E-state index contributed by atoms with van der Waals surface area (Å²) >= 11 is 0. The molecule has 1 aliphatic heterocycles. The molecule has 31 heavy (non-hydrogen) atoms. The highest BCUT2D eigenvalue weighted by molar-refractivity contribution is 6.05. The van der Waals surface area contributed by atoms with Gasteiger partial charge in [-0.15, -0.1) is 0 Å². The van der Waals surface area contributed by atoms with Gasteiger partial charge in [-0.05, 0) is 74.7 Å². The zero-order chi connectivity index (χ0) is 21.2. The summed E-state index contributed by atoms with van der Waals surface area (Å²) in [7, 11) is 0. The molecular weight excluding hydrogens is 388 g/mol. The van der Waals surface area contributed by atoms with Gasteiger partial charge in [-0.25, -0.2) is 4.79 Å². The number of fused-ring (bicyclic) bond motifs is 1. The quantitative estimate of drug-likeness (QED) is 0.632. The van der Waals surface area contributed by atoms with Gasteiger partial charge in [0.15, 0.2) is 0 Å². The number of anilines is 1. The van der Waals surface area contributed by atoms with Crippen LogP contribution in [0, 0.1) is 0 Å². The number of aromatic amines is 1. The van der Waals surface area contributed by atoms with E-state index in [1.807, 2.05) is 22.8 Å². The molecule has 1 amide bonds. The molecule has 6 nitrogen and oxygen atoms in total. The molecule has 2 N–H and O–H groups in total. The second kappa shape index (κ2) is 8.71. The molecule has 1 aromatic heterocycles. The number of amides is 1. The van der Waals surface area contributed by atoms with Crippen molar-refractivity contribution in [2.24, 2.45) is 0 Å². The van der Waals surface area contributed by atoms with E-state index >= 15 is 0 Å². The molecular formula is C25H30N4O2. The molecule has 2 aliphatic rings. The van der Waals surface area contributed by atoms with Gasteiger partial charge in [-0.2, -0.15) is 0 Å². The van der Waals surface area contributed by atoms with Crippen LogP contribution in [0.1, 0.15) is 66.9 Å². The number of likely N-dealkylation sites (tertiary alicyclic amines) is 1. The lowest BCUT2D eigenvalue weighted by molar-refractivity contribution is 0.102. The fourth-order valence-corrected chi connectivity index (χ4v) is 5.07. The van der Waals surface area contributed by atoms with Crippen LogP contribution >= 0.6 is 0 Å². The summed E-state index contributed by atoms with van der Waals surface area (Å²) in [5.41, 5.74) is 4.13. The summed E-state index contributed by atoms with van der Waals surface area (Å²) < 4.78 is 1.87. The van der Waals surface area contributed by atoms with Crippen LogP contribution in [0.4, 0.5) is 5.69 Å². The maximum atomic E-state index is 12.8. The normalized spacial score (nSPS) is 17.9. The lowest BCUT2D eigenvalue weighted by atomic mass is 10.1.